The number of anilines is 1. The van der Waals surface area contributed by atoms with Crippen LogP contribution in [0.3, 0.4) is 0 Å². The maximum atomic E-state index is 4.94. The summed E-state index contributed by atoms with van der Waals surface area (Å²) in [5, 5.41) is 7.22. The van der Waals surface area contributed by atoms with Gasteiger partial charge in [-0.25, -0.2) is 0 Å². The minimum atomic E-state index is 0.436. The van der Waals surface area contributed by atoms with Gasteiger partial charge in [-0.15, -0.1) is 0 Å². The van der Waals surface area contributed by atoms with Crippen molar-refractivity contribution in [2.24, 2.45) is 0 Å². The predicted octanol–water partition coefficient (Wildman–Crippen LogP) is 0.176. The lowest BCUT2D eigenvalue weighted by Gasteiger charge is -2.32. The van der Waals surface area contributed by atoms with Crippen LogP contribution in [0.1, 0.15) is 12.8 Å². The summed E-state index contributed by atoms with van der Waals surface area (Å²) in [5.74, 6) is 1.34. The molecule has 1 saturated heterocycles. The third kappa shape index (κ3) is 1.65. The minimum absolute atomic E-state index is 0.436. The molecule has 0 bridgehead atoms. The Bertz CT molecular complexity index is 285. The first-order valence-corrected chi connectivity index (χ1v) is 4.55. The molecule has 5 nitrogen and oxygen atoms in total. The van der Waals surface area contributed by atoms with Crippen LogP contribution in [0.2, 0.25) is 0 Å². The minimum Gasteiger partial charge on any atom is -0.338 e. The van der Waals surface area contributed by atoms with Gasteiger partial charge < -0.3 is 14.7 Å². The van der Waals surface area contributed by atoms with Gasteiger partial charge in [0.2, 0.25) is 5.89 Å². The molecule has 0 radical (unpaired) electrons. The second kappa shape index (κ2) is 3.33. The highest BCUT2D eigenvalue weighted by atomic mass is 16.5. The van der Waals surface area contributed by atoms with Crippen molar-refractivity contribution in [3.63, 3.8) is 0 Å². The molecular formula is C8H14N4O. The lowest BCUT2D eigenvalue weighted by molar-refractivity contribution is 0.388. The fraction of sp³-hybridized carbons (Fsp3) is 0.750. The third-order valence-corrected chi connectivity index (χ3v) is 2.28. The summed E-state index contributed by atoms with van der Waals surface area (Å²) < 4.78 is 4.94. The second-order valence-corrected chi connectivity index (χ2v) is 3.36. The predicted molar refractivity (Wildman–Crippen MR) is 48.7 cm³/mol. The summed E-state index contributed by atoms with van der Waals surface area (Å²) in [6, 6.07) is 0.436. The van der Waals surface area contributed by atoms with Crippen LogP contribution in [-0.2, 0) is 0 Å². The Kier molecular flexibility index (Phi) is 2.18. The molecule has 1 aromatic heterocycles. The molecule has 0 unspecified atom stereocenters. The molecule has 0 spiro atoms. The summed E-state index contributed by atoms with van der Waals surface area (Å²) in [7, 11) is 0. The zero-order valence-corrected chi connectivity index (χ0v) is 7.95. The number of rotatable bonds is 1. The van der Waals surface area contributed by atoms with Crippen molar-refractivity contribution in [1.82, 2.24) is 15.5 Å². The van der Waals surface area contributed by atoms with Crippen molar-refractivity contribution in [2.75, 3.05) is 24.5 Å². The first-order chi connectivity index (χ1) is 6.27. The molecule has 0 aromatic carbocycles. The van der Waals surface area contributed by atoms with Crippen molar-refractivity contribution in [3.8, 4) is 0 Å². The molecule has 1 aromatic rings. The van der Waals surface area contributed by atoms with E-state index in [-0.39, 0.29) is 0 Å². The number of aryl methyl sites for hydroxylation is 1. The Morgan fingerprint density at radius 2 is 2.46 bits per heavy atom. The van der Waals surface area contributed by atoms with Crippen molar-refractivity contribution in [1.29, 1.82) is 0 Å². The van der Waals surface area contributed by atoms with Gasteiger partial charge in [0.05, 0.1) is 0 Å². The van der Waals surface area contributed by atoms with Crippen LogP contribution in [0.25, 0.3) is 0 Å². The van der Waals surface area contributed by atoms with Crippen LogP contribution in [-0.4, -0.2) is 35.8 Å². The van der Waals surface area contributed by atoms with E-state index in [1.54, 1.807) is 0 Å². The average molecular weight is 182 g/mol. The molecule has 1 N–H and O–H groups in total. The smallest absolute Gasteiger partial charge is 0.266 e. The summed E-state index contributed by atoms with van der Waals surface area (Å²) >= 11 is 0. The zero-order chi connectivity index (χ0) is 9.26. The normalized spacial score (nSPS) is 23.5. The van der Waals surface area contributed by atoms with Crippen LogP contribution in [0.5, 0.6) is 0 Å². The van der Waals surface area contributed by atoms with Gasteiger partial charge in [0.25, 0.3) is 5.95 Å². The van der Waals surface area contributed by atoms with E-state index in [1.165, 1.54) is 0 Å². The fourth-order valence-corrected chi connectivity index (χ4v) is 1.54. The Balaban J connectivity index is 2.14. The number of aromatic nitrogens is 2. The van der Waals surface area contributed by atoms with Crippen molar-refractivity contribution >= 4 is 5.95 Å². The third-order valence-electron chi connectivity index (χ3n) is 2.28. The highest BCUT2D eigenvalue weighted by molar-refractivity contribution is 5.30. The number of nitrogens with one attached hydrogen (secondary N) is 1. The van der Waals surface area contributed by atoms with Crippen LogP contribution >= 0.6 is 0 Å². The SMILES string of the molecule is Cc1nc(N2CCNC[C@@H]2C)no1. The number of nitrogens with zero attached hydrogens (tertiary/aromatic N) is 3. The molecule has 72 valence electrons. The standard InChI is InChI=1S/C8H14N4O/c1-6-5-9-3-4-12(6)8-10-7(2)13-11-8/h6,9H,3-5H2,1-2H3/t6-/m0/s1. The van der Waals surface area contributed by atoms with Crippen LogP contribution in [0.15, 0.2) is 4.52 Å². The summed E-state index contributed by atoms with van der Waals surface area (Å²) in [6.45, 7) is 6.87. The van der Waals surface area contributed by atoms with Crippen LogP contribution in [0.4, 0.5) is 5.95 Å². The number of hydrogen-bond donors (Lipinski definition) is 1. The van der Waals surface area contributed by atoms with Gasteiger partial charge in [-0.2, -0.15) is 4.98 Å². The van der Waals surface area contributed by atoms with E-state index in [9.17, 15) is 0 Å². The van der Waals surface area contributed by atoms with E-state index < -0.39 is 0 Å². The van der Waals surface area contributed by atoms with Crippen molar-refractivity contribution < 1.29 is 4.52 Å². The quantitative estimate of drug-likeness (QED) is 0.671. The fourth-order valence-electron chi connectivity index (χ4n) is 1.54. The molecule has 1 aliphatic rings. The molecule has 1 atom stereocenters. The van der Waals surface area contributed by atoms with E-state index in [4.69, 9.17) is 4.52 Å². The van der Waals surface area contributed by atoms with Gasteiger partial charge >= 0.3 is 0 Å². The van der Waals surface area contributed by atoms with Gasteiger partial charge in [-0.05, 0) is 12.1 Å². The first-order valence-electron chi connectivity index (χ1n) is 4.55. The maximum Gasteiger partial charge on any atom is 0.266 e. The largest absolute Gasteiger partial charge is 0.338 e. The summed E-state index contributed by atoms with van der Waals surface area (Å²) in [5.41, 5.74) is 0. The summed E-state index contributed by atoms with van der Waals surface area (Å²) in [6.07, 6.45) is 0. The number of piperazine rings is 1. The van der Waals surface area contributed by atoms with Gasteiger partial charge in [0, 0.05) is 32.6 Å². The van der Waals surface area contributed by atoms with Gasteiger partial charge in [-0.1, -0.05) is 0 Å². The Morgan fingerprint density at radius 1 is 1.62 bits per heavy atom. The molecule has 13 heavy (non-hydrogen) atoms. The van der Waals surface area contributed by atoms with Gasteiger partial charge in [-0.3, -0.25) is 0 Å². The van der Waals surface area contributed by atoms with E-state index >= 15 is 0 Å². The molecule has 0 amide bonds. The van der Waals surface area contributed by atoms with Crippen LogP contribution in [0, 0.1) is 6.92 Å². The van der Waals surface area contributed by atoms with Gasteiger partial charge in [0.1, 0.15) is 0 Å². The topological polar surface area (TPSA) is 54.2 Å². The Labute approximate surface area is 77.1 Å². The summed E-state index contributed by atoms with van der Waals surface area (Å²) in [4.78, 5) is 6.36. The molecule has 1 fully saturated rings. The molecule has 5 heteroatoms. The van der Waals surface area contributed by atoms with Gasteiger partial charge in [0.15, 0.2) is 0 Å². The van der Waals surface area contributed by atoms with Crippen LogP contribution < -0.4 is 10.2 Å². The average Bonchev–Trinajstić information content (AvgIpc) is 2.53. The lowest BCUT2D eigenvalue weighted by atomic mass is 10.2. The highest BCUT2D eigenvalue weighted by Gasteiger charge is 2.21. The zero-order valence-electron chi connectivity index (χ0n) is 7.95. The van der Waals surface area contributed by atoms with E-state index in [1.807, 2.05) is 6.92 Å². The molecule has 2 heterocycles. The molecule has 0 saturated carbocycles. The first kappa shape index (κ1) is 8.50. The highest BCUT2D eigenvalue weighted by Crippen LogP contribution is 2.13. The molecule has 2 rings (SSSR count). The van der Waals surface area contributed by atoms with E-state index in [0.29, 0.717) is 17.9 Å². The van der Waals surface area contributed by atoms with Crippen molar-refractivity contribution in [3.05, 3.63) is 5.89 Å². The molecular weight excluding hydrogens is 168 g/mol. The lowest BCUT2D eigenvalue weighted by Crippen LogP contribution is -2.50. The Hall–Kier alpha value is -1.10. The van der Waals surface area contributed by atoms with Crippen molar-refractivity contribution in [2.45, 2.75) is 19.9 Å². The number of hydrogen-bond acceptors (Lipinski definition) is 5. The van der Waals surface area contributed by atoms with E-state index in [0.717, 1.165) is 19.6 Å². The maximum absolute atomic E-state index is 4.94. The van der Waals surface area contributed by atoms with E-state index in [2.05, 4.69) is 27.3 Å². The second-order valence-electron chi connectivity index (χ2n) is 3.36. The monoisotopic (exact) mass is 182 g/mol. The molecule has 0 aliphatic carbocycles. The molecule has 1 aliphatic heterocycles. The Morgan fingerprint density at radius 3 is 3.08 bits per heavy atom.